The van der Waals surface area contributed by atoms with E-state index in [1.165, 1.54) is 23.3 Å². The van der Waals surface area contributed by atoms with E-state index in [1.807, 2.05) is 6.07 Å². The van der Waals surface area contributed by atoms with Crippen molar-refractivity contribution in [3.63, 3.8) is 0 Å². The average Bonchev–Trinajstić information content (AvgIpc) is 2.80. The van der Waals surface area contributed by atoms with Crippen LogP contribution in [0.25, 0.3) is 0 Å². The predicted molar refractivity (Wildman–Crippen MR) is 118 cm³/mol. The minimum absolute atomic E-state index is 0.0434. The topological polar surface area (TPSA) is 55.6 Å². The number of ether oxygens (including phenoxy) is 1. The molecule has 0 spiro atoms. The van der Waals surface area contributed by atoms with Crippen LogP contribution < -0.4 is 4.74 Å². The number of hydrogen-bond donors (Lipinski definition) is 0. The molecule has 154 valence electrons. The quantitative estimate of drug-likeness (QED) is 0.409. The first kappa shape index (κ1) is 20.1. The molecule has 0 N–H and O–H groups in total. The molecule has 1 saturated heterocycles. The lowest BCUT2D eigenvalue weighted by atomic mass is 9.87. The Kier molecular flexibility index (Phi) is 6.40. The molecule has 1 aliphatic heterocycles. The lowest BCUT2D eigenvalue weighted by Crippen LogP contribution is -2.44. The number of non-ortho nitro benzene ring substituents is 1. The van der Waals surface area contributed by atoms with Gasteiger partial charge in [0.15, 0.2) is 0 Å². The Morgan fingerprint density at radius 2 is 1.60 bits per heavy atom. The molecule has 5 nitrogen and oxygen atoms in total. The van der Waals surface area contributed by atoms with Crippen molar-refractivity contribution in [1.82, 2.24) is 4.90 Å². The van der Waals surface area contributed by atoms with E-state index in [0.29, 0.717) is 5.75 Å². The second-order valence-electron chi connectivity index (χ2n) is 7.75. The fraction of sp³-hybridized carbons (Fsp3) is 0.280. The van der Waals surface area contributed by atoms with Crippen molar-refractivity contribution in [2.24, 2.45) is 0 Å². The fourth-order valence-corrected chi connectivity index (χ4v) is 4.12. The number of benzene rings is 3. The van der Waals surface area contributed by atoms with E-state index >= 15 is 0 Å². The van der Waals surface area contributed by atoms with Crippen LogP contribution in [0.5, 0.6) is 5.75 Å². The summed E-state index contributed by atoms with van der Waals surface area (Å²) in [6.45, 7) is 2.94. The van der Waals surface area contributed by atoms with Crippen LogP contribution in [0, 0.1) is 10.1 Å². The third kappa shape index (κ3) is 5.05. The third-order valence-corrected chi connectivity index (χ3v) is 5.76. The number of likely N-dealkylation sites (tertiary alicyclic amines) is 1. The highest BCUT2D eigenvalue weighted by Crippen LogP contribution is 2.31. The van der Waals surface area contributed by atoms with Gasteiger partial charge in [0.2, 0.25) is 0 Å². The molecule has 5 heteroatoms. The van der Waals surface area contributed by atoms with Gasteiger partial charge in [-0.25, -0.2) is 0 Å². The van der Waals surface area contributed by atoms with Gasteiger partial charge in [-0.05, 0) is 36.1 Å². The zero-order valence-electron chi connectivity index (χ0n) is 16.9. The molecule has 3 aromatic carbocycles. The van der Waals surface area contributed by atoms with Gasteiger partial charge >= 0.3 is 0 Å². The molecule has 4 rings (SSSR count). The summed E-state index contributed by atoms with van der Waals surface area (Å²) in [6, 6.07) is 27.5. The molecular weight excluding hydrogens is 376 g/mol. The van der Waals surface area contributed by atoms with Crippen LogP contribution in [0.15, 0.2) is 84.9 Å². The van der Waals surface area contributed by atoms with Crippen molar-refractivity contribution in [2.45, 2.75) is 24.9 Å². The van der Waals surface area contributed by atoms with Gasteiger partial charge in [0, 0.05) is 37.7 Å². The maximum Gasteiger partial charge on any atom is 0.269 e. The number of nitro groups is 1. The van der Waals surface area contributed by atoms with Crippen LogP contribution in [0.2, 0.25) is 0 Å². The molecule has 0 amide bonds. The summed E-state index contributed by atoms with van der Waals surface area (Å²) >= 11 is 0. The highest BCUT2D eigenvalue weighted by Gasteiger charge is 2.32. The molecule has 0 bridgehead atoms. The van der Waals surface area contributed by atoms with Gasteiger partial charge in [-0.1, -0.05) is 60.7 Å². The van der Waals surface area contributed by atoms with Gasteiger partial charge < -0.3 is 9.64 Å². The molecule has 2 unspecified atom stereocenters. The summed E-state index contributed by atoms with van der Waals surface area (Å²) in [5, 5.41) is 10.9. The minimum atomic E-state index is -0.387. The first-order valence-corrected chi connectivity index (χ1v) is 10.4. The number of rotatable bonds is 7. The second-order valence-corrected chi connectivity index (χ2v) is 7.75. The van der Waals surface area contributed by atoms with Crippen LogP contribution in [0.3, 0.4) is 0 Å². The van der Waals surface area contributed by atoms with Crippen molar-refractivity contribution < 1.29 is 9.66 Å². The van der Waals surface area contributed by atoms with Gasteiger partial charge in [0.1, 0.15) is 11.9 Å². The largest absolute Gasteiger partial charge is 0.490 e. The lowest BCUT2D eigenvalue weighted by Gasteiger charge is -2.39. The predicted octanol–water partition coefficient (Wildman–Crippen LogP) is 5.07. The zero-order chi connectivity index (χ0) is 20.8. The van der Waals surface area contributed by atoms with Gasteiger partial charge in [-0.3, -0.25) is 10.1 Å². The Morgan fingerprint density at radius 3 is 2.27 bits per heavy atom. The van der Waals surface area contributed by atoms with Crippen molar-refractivity contribution in [1.29, 1.82) is 0 Å². The van der Waals surface area contributed by atoms with Crippen LogP contribution in [0.4, 0.5) is 5.69 Å². The fourth-order valence-electron chi connectivity index (χ4n) is 4.12. The first-order valence-electron chi connectivity index (χ1n) is 10.4. The van der Waals surface area contributed by atoms with E-state index in [4.69, 9.17) is 4.74 Å². The second kappa shape index (κ2) is 9.55. The summed E-state index contributed by atoms with van der Waals surface area (Å²) in [7, 11) is 0. The Morgan fingerprint density at radius 1 is 0.933 bits per heavy atom. The summed E-state index contributed by atoms with van der Waals surface area (Å²) in [6.07, 6.45) is 2.00. The summed E-state index contributed by atoms with van der Waals surface area (Å²) in [4.78, 5) is 13.0. The number of piperidine rings is 1. The first-order chi connectivity index (χ1) is 14.7. The SMILES string of the molecule is O=[N+]([O-])c1ccc(OC2CCN(CCc3ccccc3)CC2c2ccccc2)cc1. The molecule has 1 fully saturated rings. The summed E-state index contributed by atoms with van der Waals surface area (Å²) in [5.74, 6) is 0.940. The number of nitrogens with zero attached hydrogens (tertiary/aromatic N) is 2. The van der Waals surface area contributed by atoms with Crippen molar-refractivity contribution >= 4 is 5.69 Å². The Hall–Kier alpha value is -3.18. The Balaban J connectivity index is 1.45. The smallest absolute Gasteiger partial charge is 0.269 e. The maximum atomic E-state index is 10.9. The highest BCUT2D eigenvalue weighted by atomic mass is 16.6. The summed E-state index contributed by atoms with van der Waals surface area (Å²) in [5.41, 5.74) is 2.71. The number of nitro benzene ring substituents is 1. The van der Waals surface area contributed by atoms with E-state index in [2.05, 4.69) is 59.5 Å². The third-order valence-electron chi connectivity index (χ3n) is 5.76. The monoisotopic (exact) mass is 402 g/mol. The average molecular weight is 402 g/mol. The molecule has 0 radical (unpaired) electrons. The van der Waals surface area contributed by atoms with Crippen LogP contribution in [-0.2, 0) is 6.42 Å². The summed E-state index contributed by atoms with van der Waals surface area (Å²) < 4.78 is 6.32. The maximum absolute atomic E-state index is 10.9. The standard InChI is InChI=1S/C25H26N2O3/c28-27(29)22-11-13-23(14-12-22)30-25-16-18-26(17-15-20-7-3-1-4-8-20)19-24(25)21-9-5-2-6-10-21/h1-14,24-25H,15-19H2. The van der Waals surface area contributed by atoms with E-state index in [9.17, 15) is 10.1 Å². The normalized spacial score (nSPS) is 19.3. The van der Waals surface area contributed by atoms with E-state index in [0.717, 1.165) is 32.5 Å². The van der Waals surface area contributed by atoms with Gasteiger partial charge in [-0.2, -0.15) is 0 Å². The van der Waals surface area contributed by atoms with Crippen molar-refractivity contribution in [3.8, 4) is 5.75 Å². The zero-order valence-corrected chi connectivity index (χ0v) is 16.9. The minimum Gasteiger partial charge on any atom is -0.490 e. The number of hydrogen-bond acceptors (Lipinski definition) is 4. The van der Waals surface area contributed by atoms with E-state index in [-0.39, 0.29) is 22.6 Å². The molecule has 1 heterocycles. The molecule has 0 aromatic heterocycles. The van der Waals surface area contributed by atoms with Crippen molar-refractivity contribution in [2.75, 3.05) is 19.6 Å². The molecule has 0 saturated carbocycles. The van der Waals surface area contributed by atoms with E-state index < -0.39 is 0 Å². The molecule has 0 aliphatic carbocycles. The Bertz CT molecular complexity index is 945. The van der Waals surface area contributed by atoms with Crippen LogP contribution >= 0.6 is 0 Å². The van der Waals surface area contributed by atoms with Crippen molar-refractivity contribution in [3.05, 3.63) is 106 Å². The van der Waals surface area contributed by atoms with Crippen LogP contribution in [0.1, 0.15) is 23.5 Å². The van der Waals surface area contributed by atoms with Gasteiger partial charge in [0.05, 0.1) is 4.92 Å². The molecule has 30 heavy (non-hydrogen) atoms. The van der Waals surface area contributed by atoms with E-state index in [1.54, 1.807) is 12.1 Å². The van der Waals surface area contributed by atoms with Crippen LogP contribution in [-0.4, -0.2) is 35.6 Å². The van der Waals surface area contributed by atoms with Gasteiger partial charge in [0.25, 0.3) is 5.69 Å². The molecule has 3 aromatic rings. The van der Waals surface area contributed by atoms with Gasteiger partial charge in [-0.15, -0.1) is 0 Å². The molecular formula is C25H26N2O3. The Labute approximate surface area is 177 Å². The lowest BCUT2D eigenvalue weighted by molar-refractivity contribution is -0.384. The molecule has 2 atom stereocenters. The molecule has 1 aliphatic rings. The highest BCUT2D eigenvalue weighted by molar-refractivity contribution is 5.36.